The first-order valence-corrected chi connectivity index (χ1v) is 22.7. The molecule has 0 aliphatic rings. The highest BCUT2D eigenvalue weighted by molar-refractivity contribution is 6.15. The number of aromatic nitrogens is 4. The van der Waals surface area contributed by atoms with Crippen molar-refractivity contribution in [1.82, 2.24) is 19.6 Å². The summed E-state index contributed by atoms with van der Waals surface area (Å²) in [7, 11) is 0. The summed E-state index contributed by atoms with van der Waals surface area (Å²) in [5, 5.41) is 7.88. The van der Waals surface area contributed by atoms with Gasteiger partial charge in [0.2, 0.25) is 0 Å². The number of rotatable bonds is 9. The maximum absolute atomic E-state index is 5.56. The molecule has 67 heavy (non-hydrogen) atoms. The summed E-state index contributed by atoms with van der Waals surface area (Å²) in [5.41, 5.74) is 19.1. The molecule has 0 N–H and O–H groups in total. The number of nitrogens with zero attached hydrogens (tertiary/aromatic N) is 4. The minimum Gasteiger partial charge on any atom is -0.231 e. The lowest BCUT2D eigenvalue weighted by Crippen LogP contribution is -2.00. The highest BCUT2D eigenvalue weighted by Crippen LogP contribution is 2.46. The van der Waals surface area contributed by atoms with E-state index in [0.717, 1.165) is 94.9 Å². The molecule has 0 unspecified atom stereocenters. The van der Waals surface area contributed by atoms with Crippen LogP contribution in [0.25, 0.3) is 117 Å². The summed E-state index contributed by atoms with van der Waals surface area (Å²) >= 11 is 0. The zero-order valence-electron chi connectivity index (χ0n) is 36.5. The van der Waals surface area contributed by atoms with E-state index in [9.17, 15) is 0 Å². The molecule has 3 heterocycles. The molecule has 0 fully saturated rings. The van der Waals surface area contributed by atoms with Gasteiger partial charge in [-0.2, -0.15) is 5.10 Å². The Morgan fingerprint density at radius 1 is 0.269 bits per heavy atom. The molecular formula is C63H42N4. The van der Waals surface area contributed by atoms with E-state index in [1.54, 1.807) is 0 Å². The summed E-state index contributed by atoms with van der Waals surface area (Å²) in [6, 6.07) is 89.9. The van der Waals surface area contributed by atoms with Gasteiger partial charge in [-0.1, -0.05) is 243 Å². The summed E-state index contributed by atoms with van der Waals surface area (Å²) < 4.78 is 2.20. The molecule has 12 rings (SSSR count). The van der Waals surface area contributed by atoms with Crippen LogP contribution in [0.15, 0.2) is 255 Å². The summed E-state index contributed by atoms with van der Waals surface area (Å²) in [6.45, 7) is 0. The van der Waals surface area contributed by atoms with Crippen LogP contribution < -0.4 is 0 Å². The highest BCUT2D eigenvalue weighted by atomic mass is 15.2. The van der Waals surface area contributed by atoms with Crippen LogP contribution in [0.5, 0.6) is 0 Å². The molecule has 0 saturated carbocycles. The minimum atomic E-state index is 0.694. The molecule has 0 bridgehead atoms. The standard InChI is InChI=1S/C63H42N4/c1-6-19-43(20-7-1)44-33-37-46(38-34-44)56-42-57(65-63(64-56)51-27-14-5-15-28-51)47-39-35-45(36-40-47)52-29-18-30-53(41-52)58-54-31-16-17-32-55(54)62-59(48-21-8-2-9-22-48)60(49-23-10-3-11-24-49)66-67(62)61(58)50-25-12-4-13-26-50/h1-42H. The van der Waals surface area contributed by atoms with Crippen molar-refractivity contribution in [1.29, 1.82) is 0 Å². The van der Waals surface area contributed by atoms with Crippen LogP contribution in [0.3, 0.4) is 0 Å². The van der Waals surface area contributed by atoms with Gasteiger partial charge in [0.05, 0.1) is 22.6 Å². The molecule has 9 aromatic carbocycles. The van der Waals surface area contributed by atoms with Crippen LogP contribution >= 0.6 is 0 Å². The molecule has 0 radical (unpaired) electrons. The SMILES string of the molecule is c1ccc(-c2ccc(-c3cc(-c4ccc(-c5cccc(-c6c(-c7ccccc7)n7nc(-c8ccccc8)c(-c8ccccc8)c7c7ccccc67)c5)cc4)nc(-c4ccccc4)n3)cc2)cc1. The lowest BCUT2D eigenvalue weighted by Gasteiger charge is -2.18. The monoisotopic (exact) mass is 854 g/mol. The van der Waals surface area contributed by atoms with E-state index in [1.807, 2.05) is 24.3 Å². The largest absolute Gasteiger partial charge is 0.231 e. The molecule has 12 aromatic rings. The zero-order valence-corrected chi connectivity index (χ0v) is 36.5. The van der Waals surface area contributed by atoms with E-state index in [0.29, 0.717) is 5.82 Å². The Kier molecular flexibility index (Phi) is 10.2. The highest BCUT2D eigenvalue weighted by Gasteiger charge is 2.25. The molecular weight excluding hydrogens is 813 g/mol. The second-order valence-electron chi connectivity index (χ2n) is 16.8. The molecule has 0 spiro atoms. The topological polar surface area (TPSA) is 43.1 Å². The number of hydrogen-bond donors (Lipinski definition) is 0. The van der Waals surface area contributed by atoms with Crippen molar-refractivity contribution in [3.63, 3.8) is 0 Å². The first-order valence-electron chi connectivity index (χ1n) is 22.7. The van der Waals surface area contributed by atoms with E-state index in [2.05, 4.69) is 235 Å². The Hall–Kier alpha value is -8.99. The Labute approximate surface area is 389 Å². The van der Waals surface area contributed by atoms with Crippen LogP contribution in [-0.4, -0.2) is 19.6 Å². The summed E-state index contributed by atoms with van der Waals surface area (Å²) in [4.78, 5) is 10.2. The van der Waals surface area contributed by atoms with Crippen LogP contribution in [0.2, 0.25) is 0 Å². The minimum absolute atomic E-state index is 0.694. The van der Waals surface area contributed by atoms with Crippen LogP contribution in [0.4, 0.5) is 0 Å². The normalized spacial score (nSPS) is 11.3. The van der Waals surface area contributed by atoms with Crippen LogP contribution in [-0.2, 0) is 0 Å². The van der Waals surface area contributed by atoms with E-state index in [1.165, 1.54) is 16.5 Å². The van der Waals surface area contributed by atoms with E-state index >= 15 is 0 Å². The van der Waals surface area contributed by atoms with Crippen molar-refractivity contribution in [3.05, 3.63) is 255 Å². The molecule has 3 aromatic heterocycles. The fraction of sp³-hybridized carbons (Fsp3) is 0. The van der Waals surface area contributed by atoms with Gasteiger partial charge in [0.15, 0.2) is 5.82 Å². The molecule has 314 valence electrons. The van der Waals surface area contributed by atoms with Crippen LogP contribution in [0.1, 0.15) is 0 Å². The quantitative estimate of drug-likeness (QED) is 0.145. The average Bonchev–Trinajstić information content (AvgIpc) is 3.83. The van der Waals surface area contributed by atoms with E-state index < -0.39 is 0 Å². The lowest BCUT2D eigenvalue weighted by atomic mass is 9.90. The van der Waals surface area contributed by atoms with Gasteiger partial charge in [-0.15, -0.1) is 0 Å². The third kappa shape index (κ3) is 7.47. The maximum Gasteiger partial charge on any atom is 0.160 e. The summed E-state index contributed by atoms with van der Waals surface area (Å²) in [6.07, 6.45) is 0. The molecule has 0 saturated heterocycles. The molecule has 0 atom stereocenters. The number of hydrogen-bond acceptors (Lipinski definition) is 3. The lowest BCUT2D eigenvalue weighted by molar-refractivity contribution is 0.981. The van der Waals surface area contributed by atoms with Crippen molar-refractivity contribution in [2.24, 2.45) is 0 Å². The van der Waals surface area contributed by atoms with Gasteiger partial charge < -0.3 is 0 Å². The smallest absolute Gasteiger partial charge is 0.160 e. The number of pyridine rings is 1. The van der Waals surface area contributed by atoms with Gasteiger partial charge in [-0.3, -0.25) is 0 Å². The Morgan fingerprint density at radius 3 is 1.27 bits per heavy atom. The first kappa shape index (κ1) is 39.6. The van der Waals surface area contributed by atoms with Crippen molar-refractivity contribution in [3.8, 4) is 101 Å². The van der Waals surface area contributed by atoms with Gasteiger partial charge >= 0.3 is 0 Å². The van der Waals surface area contributed by atoms with E-state index in [4.69, 9.17) is 15.1 Å². The number of benzene rings is 9. The Balaban J connectivity index is 0.984. The maximum atomic E-state index is 5.56. The molecule has 4 heteroatoms. The second kappa shape index (κ2) is 17.2. The van der Waals surface area contributed by atoms with Crippen molar-refractivity contribution in [2.45, 2.75) is 0 Å². The molecule has 4 nitrogen and oxygen atoms in total. The van der Waals surface area contributed by atoms with E-state index in [-0.39, 0.29) is 0 Å². The zero-order chi connectivity index (χ0) is 44.5. The Morgan fingerprint density at radius 2 is 0.687 bits per heavy atom. The molecule has 0 aliphatic heterocycles. The fourth-order valence-corrected chi connectivity index (χ4v) is 9.41. The third-order valence-corrected chi connectivity index (χ3v) is 12.7. The average molecular weight is 855 g/mol. The van der Waals surface area contributed by atoms with Gasteiger partial charge in [0, 0.05) is 44.3 Å². The van der Waals surface area contributed by atoms with Gasteiger partial charge in [0.1, 0.15) is 5.69 Å². The van der Waals surface area contributed by atoms with Gasteiger partial charge in [-0.25, -0.2) is 14.5 Å². The number of fused-ring (bicyclic) bond motifs is 3. The summed E-state index contributed by atoms with van der Waals surface area (Å²) in [5.74, 6) is 0.694. The van der Waals surface area contributed by atoms with Gasteiger partial charge in [0.25, 0.3) is 0 Å². The predicted octanol–water partition coefficient (Wildman–Crippen LogP) is 16.3. The first-order chi connectivity index (χ1) is 33.2. The molecule has 0 amide bonds. The van der Waals surface area contributed by atoms with Gasteiger partial charge in [-0.05, 0) is 50.9 Å². The predicted molar refractivity (Wildman–Crippen MR) is 277 cm³/mol. The fourth-order valence-electron chi connectivity index (χ4n) is 9.41. The van der Waals surface area contributed by atoms with Crippen molar-refractivity contribution < 1.29 is 0 Å². The third-order valence-electron chi connectivity index (χ3n) is 12.7. The second-order valence-corrected chi connectivity index (χ2v) is 16.8. The molecule has 0 aliphatic carbocycles. The Bertz CT molecular complexity index is 3680. The van der Waals surface area contributed by atoms with Crippen LogP contribution in [0, 0.1) is 0 Å². The van der Waals surface area contributed by atoms with Crippen molar-refractivity contribution >= 4 is 16.3 Å². The van der Waals surface area contributed by atoms with Crippen molar-refractivity contribution in [2.75, 3.05) is 0 Å².